The molecule has 2 saturated heterocycles. The lowest BCUT2D eigenvalue weighted by molar-refractivity contribution is 0.0905. The maximum absolute atomic E-state index is 14.2. The number of amides is 1. The zero-order valence-corrected chi connectivity index (χ0v) is 28.0. The highest BCUT2D eigenvalue weighted by atomic mass is 16.1. The molecule has 0 spiro atoms. The second kappa shape index (κ2) is 15.1. The molecule has 1 N–H and O–H groups in total. The summed E-state index contributed by atoms with van der Waals surface area (Å²) in [6.07, 6.45) is 15.2. The second-order valence-corrected chi connectivity index (χ2v) is 14.2. The number of hydrogen-bond acceptors (Lipinski definition) is 6. The van der Waals surface area contributed by atoms with Crippen LogP contribution in [0.4, 0.5) is 5.82 Å². The van der Waals surface area contributed by atoms with Gasteiger partial charge in [-0.3, -0.25) is 9.48 Å². The topological polar surface area (TPSA) is 69.5 Å². The summed E-state index contributed by atoms with van der Waals surface area (Å²) >= 11 is 0. The first-order valence-electron chi connectivity index (χ1n) is 17.9. The summed E-state index contributed by atoms with van der Waals surface area (Å²) in [5.41, 5.74) is 4.13. The number of carbonyl (C=O) groups is 1. The van der Waals surface area contributed by atoms with Crippen molar-refractivity contribution in [1.29, 1.82) is 0 Å². The molecule has 0 bridgehead atoms. The van der Waals surface area contributed by atoms with Crippen LogP contribution in [-0.4, -0.2) is 81.8 Å². The molecule has 4 heterocycles. The van der Waals surface area contributed by atoms with Gasteiger partial charge in [-0.2, -0.15) is 5.10 Å². The van der Waals surface area contributed by atoms with Gasteiger partial charge < -0.3 is 20.0 Å². The predicted octanol–water partition coefficient (Wildman–Crippen LogP) is 6.50. The van der Waals surface area contributed by atoms with Crippen LogP contribution in [0.3, 0.4) is 0 Å². The Hall–Kier alpha value is -2.97. The van der Waals surface area contributed by atoms with Crippen molar-refractivity contribution in [3.8, 4) is 0 Å². The number of hydrogen-bond donors (Lipinski definition) is 1. The molecule has 0 unspecified atom stereocenters. The first-order chi connectivity index (χ1) is 21.9. The van der Waals surface area contributed by atoms with E-state index >= 15 is 0 Å². The molecule has 3 aromatic rings. The molecule has 1 aliphatic carbocycles. The summed E-state index contributed by atoms with van der Waals surface area (Å²) in [4.78, 5) is 27.1. The molecular weight excluding hydrogens is 558 g/mol. The quantitative estimate of drug-likeness (QED) is 0.263. The molecule has 1 aromatic carbocycles. The van der Waals surface area contributed by atoms with Crippen LogP contribution in [0.15, 0.2) is 36.5 Å². The summed E-state index contributed by atoms with van der Waals surface area (Å²) in [6, 6.07) is 11.6. The van der Waals surface area contributed by atoms with Crippen molar-refractivity contribution in [2.24, 2.45) is 7.05 Å². The van der Waals surface area contributed by atoms with Gasteiger partial charge in [0.2, 0.25) is 0 Å². The molecule has 2 aromatic heterocycles. The fraction of sp³-hybridized carbons (Fsp3) is 0.649. The zero-order valence-electron chi connectivity index (χ0n) is 28.0. The SMILES string of the molecule is CC(C)c1ccc(CN(c2nc3c(cnn3C)cc2C(=O)NC2CCN(CCN3CCCCC3)CC2)C2CCCCCC2)cc1. The highest BCUT2D eigenvalue weighted by molar-refractivity contribution is 6.02. The Morgan fingerprint density at radius 1 is 0.889 bits per heavy atom. The third-order valence-corrected chi connectivity index (χ3v) is 10.6. The molecule has 244 valence electrons. The summed E-state index contributed by atoms with van der Waals surface area (Å²) in [5, 5.41) is 8.88. The van der Waals surface area contributed by atoms with Crippen molar-refractivity contribution in [3.05, 3.63) is 53.2 Å². The molecule has 1 saturated carbocycles. The lowest BCUT2D eigenvalue weighted by Gasteiger charge is -2.35. The predicted molar refractivity (Wildman–Crippen MR) is 184 cm³/mol. The maximum Gasteiger partial charge on any atom is 0.255 e. The third kappa shape index (κ3) is 8.07. The van der Waals surface area contributed by atoms with Crippen molar-refractivity contribution in [2.45, 2.75) is 109 Å². The van der Waals surface area contributed by atoms with Gasteiger partial charge >= 0.3 is 0 Å². The van der Waals surface area contributed by atoms with Crippen LogP contribution in [0, 0.1) is 0 Å². The Bertz CT molecular complexity index is 1380. The number of rotatable bonds is 10. The monoisotopic (exact) mass is 613 g/mol. The normalized spacial score (nSPS) is 19.6. The van der Waals surface area contributed by atoms with E-state index in [1.807, 2.05) is 24.0 Å². The Labute approximate surface area is 270 Å². The van der Waals surface area contributed by atoms with Gasteiger partial charge in [0.15, 0.2) is 5.65 Å². The second-order valence-electron chi connectivity index (χ2n) is 14.2. The lowest BCUT2D eigenvalue weighted by Crippen LogP contribution is -2.47. The molecule has 2 aliphatic heterocycles. The van der Waals surface area contributed by atoms with Crippen molar-refractivity contribution in [1.82, 2.24) is 29.9 Å². The molecule has 45 heavy (non-hydrogen) atoms. The number of aryl methyl sites for hydroxylation is 1. The number of piperidine rings is 2. The first-order valence-corrected chi connectivity index (χ1v) is 17.9. The van der Waals surface area contributed by atoms with Gasteiger partial charge in [-0.1, -0.05) is 70.2 Å². The van der Waals surface area contributed by atoms with Crippen LogP contribution >= 0.6 is 0 Å². The van der Waals surface area contributed by atoms with Gasteiger partial charge in [-0.05, 0) is 74.7 Å². The fourth-order valence-corrected chi connectivity index (χ4v) is 7.63. The number of fused-ring (bicyclic) bond motifs is 1. The van der Waals surface area contributed by atoms with Crippen LogP contribution in [0.5, 0.6) is 0 Å². The molecule has 8 nitrogen and oxygen atoms in total. The van der Waals surface area contributed by atoms with Gasteiger partial charge in [-0.15, -0.1) is 0 Å². The molecule has 0 radical (unpaired) electrons. The summed E-state index contributed by atoms with van der Waals surface area (Å²) in [5.74, 6) is 1.31. The number of benzene rings is 1. The number of pyridine rings is 1. The smallest absolute Gasteiger partial charge is 0.255 e. The Balaban J connectivity index is 1.22. The van der Waals surface area contributed by atoms with E-state index in [1.54, 1.807) is 0 Å². The molecule has 6 rings (SSSR count). The largest absolute Gasteiger partial charge is 0.349 e. The van der Waals surface area contributed by atoms with Crippen LogP contribution in [0.1, 0.15) is 112 Å². The number of likely N-dealkylation sites (tertiary alicyclic amines) is 2. The highest BCUT2D eigenvalue weighted by Crippen LogP contribution is 2.32. The Morgan fingerprint density at radius 2 is 1.53 bits per heavy atom. The fourth-order valence-electron chi connectivity index (χ4n) is 7.63. The molecular formula is C37H55N7O. The minimum Gasteiger partial charge on any atom is -0.349 e. The van der Waals surface area contributed by atoms with Crippen LogP contribution < -0.4 is 10.2 Å². The van der Waals surface area contributed by atoms with E-state index < -0.39 is 0 Å². The van der Waals surface area contributed by atoms with E-state index in [-0.39, 0.29) is 11.9 Å². The number of aromatic nitrogens is 3. The van der Waals surface area contributed by atoms with Gasteiger partial charge in [0.1, 0.15) is 5.82 Å². The van der Waals surface area contributed by atoms with E-state index in [0.717, 1.165) is 68.7 Å². The third-order valence-electron chi connectivity index (χ3n) is 10.6. The number of anilines is 1. The van der Waals surface area contributed by atoms with Crippen molar-refractivity contribution >= 4 is 22.8 Å². The standard InChI is InChI=1S/C37H55N7O/c1-28(2)30-15-13-29(14-16-30)27-44(33-11-7-4-5-8-12-33)36-34(25-31-26-38-41(3)35(31)40-36)37(45)39-32-17-21-43(22-18-32)24-23-42-19-9-6-10-20-42/h13-16,25-26,28,32-33H,4-12,17-24,27H2,1-3H3,(H,39,45). The van der Waals surface area contributed by atoms with E-state index in [0.29, 0.717) is 17.5 Å². The first kappa shape index (κ1) is 32.0. The van der Waals surface area contributed by atoms with Crippen molar-refractivity contribution in [2.75, 3.05) is 44.2 Å². The average molecular weight is 614 g/mol. The van der Waals surface area contributed by atoms with E-state index in [4.69, 9.17) is 4.98 Å². The van der Waals surface area contributed by atoms with Gasteiger partial charge in [0.05, 0.1) is 11.8 Å². The van der Waals surface area contributed by atoms with Crippen molar-refractivity contribution in [3.63, 3.8) is 0 Å². The van der Waals surface area contributed by atoms with E-state index in [1.165, 1.54) is 75.7 Å². The number of nitrogens with zero attached hydrogens (tertiary/aromatic N) is 6. The molecule has 3 fully saturated rings. The summed E-state index contributed by atoms with van der Waals surface area (Å²) in [6.45, 7) is 12.1. The van der Waals surface area contributed by atoms with E-state index in [9.17, 15) is 4.79 Å². The van der Waals surface area contributed by atoms with Crippen LogP contribution in [-0.2, 0) is 13.6 Å². The number of nitrogens with one attached hydrogen (secondary N) is 1. The van der Waals surface area contributed by atoms with E-state index in [2.05, 4.69) is 63.2 Å². The molecule has 8 heteroatoms. The minimum absolute atomic E-state index is 0.00352. The Morgan fingerprint density at radius 3 is 2.20 bits per heavy atom. The van der Waals surface area contributed by atoms with Gasteiger partial charge in [0.25, 0.3) is 5.91 Å². The molecule has 0 atom stereocenters. The zero-order chi connectivity index (χ0) is 31.2. The van der Waals surface area contributed by atoms with Gasteiger partial charge in [0, 0.05) is 57.2 Å². The summed E-state index contributed by atoms with van der Waals surface area (Å²) in [7, 11) is 1.94. The highest BCUT2D eigenvalue weighted by Gasteiger charge is 2.29. The average Bonchev–Trinajstić information content (AvgIpc) is 3.23. The van der Waals surface area contributed by atoms with Gasteiger partial charge in [-0.25, -0.2) is 4.98 Å². The molecule has 1 amide bonds. The van der Waals surface area contributed by atoms with Crippen molar-refractivity contribution < 1.29 is 4.79 Å². The lowest BCUT2D eigenvalue weighted by atomic mass is 10.00. The Kier molecular flexibility index (Phi) is 10.7. The van der Waals surface area contributed by atoms with Crippen LogP contribution in [0.25, 0.3) is 11.0 Å². The maximum atomic E-state index is 14.2. The number of carbonyl (C=O) groups excluding carboxylic acids is 1. The minimum atomic E-state index is 0.00352. The summed E-state index contributed by atoms with van der Waals surface area (Å²) < 4.78 is 1.84. The molecule has 3 aliphatic rings. The van der Waals surface area contributed by atoms with Crippen LogP contribution in [0.2, 0.25) is 0 Å².